The molecule has 0 amide bonds. The highest BCUT2D eigenvalue weighted by atomic mass is 15.3. The molecule has 0 aliphatic carbocycles. The minimum Gasteiger partial charge on any atom is -0.399 e. The minimum absolute atomic E-state index is 0.784. The lowest BCUT2D eigenvalue weighted by atomic mass is 10.2. The van der Waals surface area contributed by atoms with E-state index in [0.717, 1.165) is 17.9 Å². The lowest BCUT2D eigenvalue weighted by Gasteiger charge is -2.03. The largest absolute Gasteiger partial charge is 0.399 e. The number of nitrogens with zero attached hydrogens (tertiary/aromatic N) is 2. The summed E-state index contributed by atoms with van der Waals surface area (Å²) in [6, 6.07) is 7.83. The molecule has 0 spiro atoms. The number of nitrogens with two attached hydrogens (primary N) is 1. The van der Waals surface area contributed by atoms with Gasteiger partial charge in [-0.2, -0.15) is 5.10 Å². The molecule has 4 heteroatoms. The molecular formula is C11H14N4. The van der Waals surface area contributed by atoms with E-state index in [4.69, 9.17) is 5.73 Å². The van der Waals surface area contributed by atoms with Crippen molar-refractivity contribution in [3.8, 4) is 0 Å². The maximum absolute atomic E-state index is 5.60. The highest BCUT2D eigenvalue weighted by Gasteiger charge is 1.95. The monoisotopic (exact) mass is 202 g/mol. The second-order valence-electron chi connectivity index (χ2n) is 3.50. The molecule has 1 heterocycles. The van der Waals surface area contributed by atoms with E-state index in [9.17, 15) is 0 Å². The quantitative estimate of drug-likeness (QED) is 0.743. The van der Waals surface area contributed by atoms with Crippen LogP contribution in [0.25, 0.3) is 0 Å². The van der Waals surface area contributed by atoms with Gasteiger partial charge in [-0.15, -0.1) is 0 Å². The van der Waals surface area contributed by atoms with Crippen molar-refractivity contribution in [1.82, 2.24) is 9.78 Å². The Kier molecular flexibility index (Phi) is 2.58. The number of hydrogen-bond donors (Lipinski definition) is 2. The van der Waals surface area contributed by atoms with Gasteiger partial charge < -0.3 is 11.1 Å². The van der Waals surface area contributed by atoms with E-state index in [1.165, 1.54) is 5.56 Å². The van der Waals surface area contributed by atoms with Crippen LogP contribution < -0.4 is 11.1 Å². The van der Waals surface area contributed by atoms with Crippen LogP contribution in [0.2, 0.25) is 0 Å². The molecule has 1 aromatic carbocycles. The van der Waals surface area contributed by atoms with Crippen molar-refractivity contribution in [2.24, 2.45) is 7.05 Å². The molecule has 0 aliphatic heterocycles. The van der Waals surface area contributed by atoms with E-state index < -0.39 is 0 Å². The van der Waals surface area contributed by atoms with Crippen LogP contribution >= 0.6 is 0 Å². The van der Waals surface area contributed by atoms with Gasteiger partial charge in [0.15, 0.2) is 0 Å². The zero-order valence-corrected chi connectivity index (χ0v) is 8.64. The number of benzene rings is 1. The standard InChI is InChI=1S/C11H14N4/c1-15-8-11(7-14-15)13-6-9-2-4-10(12)5-3-9/h2-5,7-8,13H,6,12H2,1H3. The molecule has 4 nitrogen and oxygen atoms in total. The molecule has 0 bridgehead atoms. The second kappa shape index (κ2) is 4.04. The summed E-state index contributed by atoms with van der Waals surface area (Å²) >= 11 is 0. The average molecular weight is 202 g/mol. The van der Waals surface area contributed by atoms with Gasteiger partial charge in [-0.1, -0.05) is 12.1 Å². The van der Waals surface area contributed by atoms with Crippen molar-refractivity contribution in [3.63, 3.8) is 0 Å². The number of anilines is 2. The van der Waals surface area contributed by atoms with Gasteiger partial charge in [-0.3, -0.25) is 4.68 Å². The van der Waals surface area contributed by atoms with Crippen molar-refractivity contribution in [1.29, 1.82) is 0 Å². The van der Waals surface area contributed by atoms with Gasteiger partial charge in [0, 0.05) is 25.5 Å². The second-order valence-corrected chi connectivity index (χ2v) is 3.50. The molecule has 0 saturated heterocycles. The third kappa shape index (κ3) is 2.49. The number of nitrogen functional groups attached to an aromatic ring is 1. The predicted octanol–water partition coefficient (Wildman–Crippen LogP) is 1.61. The summed E-state index contributed by atoms with van der Waals surface area (Å²) in [6.45, 7) is 0.784. The van der Waals surface area contributed by atoms with Crippen molar-refractivity contribution in [2.75, 3.05) is 11.1 Å². The highest BCUT2D eigenvalue weighted by molar-refractivity contribution is 5.42. The van der Waals surface area contributed by atoms with Crippen LogP contribution in [-0.4, -0.2) is 9.78 Å². The average Bonchev–Trinajstić information content (AvgIpc) is 2.64. The van der Waals surface area contributed by atoms with Crippen LogP contribution in [0.5, 0.6) is 0 Å². The molecule has 1 aromatic heterocycles. The molecule has 3 N–H and O–H groups in total. The Morgan fingerprint density at radius 1 is 1.33 bits per heavy atom. The Morgan fingerprint density at radius 2 is 2.07 bits per heavy atom. The Hall–Kier alpha value is -1.97. The third-order valence-electron chi connectivity index (χ3n) is 2.18. The number of rotatable bonds is 3. The fourth-order valence-corrected chi connectivity index (χ4v) is 1.35. The van der Waals surface area contributed by atoms with E-state index in [-0.39, 0.29) is 0 Å². The van der Waals surface area contributed by atoms with Crippen LogP contribution in [0.4, 0.5) is 11.4 Å². The molecule has 0 unspecified atom stereocenters. The van der Waals surface area contributed by atoms with Gasteiger partial charge >= 0.3 is 0 Å². The van der Waals surface area contributed by atoms with E-state index in [0.29, 0.717) is 0 Å². The van der Waals surface area contributed by atoms with Crippen molar-refractivity contribution in [3.05, 3.63) is 42.2 Å². The summed E-state index contributed by atoms with van der Waals surface area (Å²) in [4.78, 5) is 0. The normalized spacial score (nSPS) is 10.2. The lowest BCUT2D eigenvalue weighted by molar-refractivity contribution is 0.768. The molecule has 15 heavy (non-hydrogen) atoms. The van der Waals surface area contributed by atoms with Gasteiger partial charge in [-0.25, -0.2) is 0 Å². The first-order chi connectivity index (χ1) is 7.24. The molecule has 2 rings (SSSR count). The molecular weight excluding hydrogens is 188 g/mol. The topological polar surface area (TPSA) is 55.9 Å². The molecule has 0 fully saturated rings. The SMILES string of the molecule is Cn1cc(NCc2ccc(N)cc2)cn1. The van der Waals surface area contributed by atoms with Crippen LogP contribution in [0.15, 0.2) is 36.7 Å². The Balaban J connectivity index is 1.96. The Bertz CT molecular complexity index is 430. The molecule has 78 valence electrons. The summed E-state index contributed by atoms with van der Waals surface area (Å²) in [5, 5.41) is 7.35. The van der Waals surface area contributed by atoms with Crippen LogP contribution in [-0.2, 0) is 13.6 Å². The van der Waals surface area contributed by atoms with Crippen molar-refractivity contribution in [2.45, 2.75) is 6.54 Å². The zero-order valence-electron chi connectivity index (χ0n) is 8.64. The maximum atomic E-state index is 5.60. The van der Waals surface area contributed by atoms with E-state index >= 15 is 0 Å². The highest BCUT2D eigenvalue weighted by Crippen LogP contribution is 2.09. The molecule has 0 saturated carbocycles. The fraction of sp³-hybridized carbons (Fsp3) is 0.182. The van der Waals surface area contributed by atoms with Crippen LogP contribution in [0.3, 0.4) is 0 Å². The lowest BCUT2D eigenvalue weighted by Crippen LogP contribution is -1.98. The van der Waals surface area contributed by atoms with E-state index in [1.54, 1.807) is 10.9 Å². The number of aryl methyl sites for hydroxylation is 1. The fourth-order valence-electron chi connectivity index (χ4n) is 1.35. The van der Waals surface area contributed by atoms with E-state index in [1.807, 2.05) is 37.5 Å². The summed E-state index contributed by atoms with van der Waals surface area (Å²) in [5.41, 5.74) is 8.62. The Labute approximate surface area is 88.7 Å². The first-order valence-electron chi connectivity index (χ1n) is 4.81. The predicted molar refractivity (Wildman–Crippen MR) is 61.4 cm³/mol. The van der Waals surface area contributed by atoms with Crippen LogP contribution in [0.1, 0.15) is 5.56 Å². The Morgan fingerprint density at radius 3 is 2.67 bits per heavy atom. The zero-order chi connectivity index (χ0) is 10.7. The first kappa shape index (κ1) is 9.58. The molecule has 0 atom stereocenters. The molecule has 0 aliphatic rings. The first-order valence-corrected chi connectivity index (χ1v) is 4.81. The smallest absolute Gasteiger partial charge is 0.0729 e. The van der Waals surface area contributed by atoms with Gasteiger partial charge in [0.2, 0.25) is 0 Å². The number of aromatic nitrogens is 2. The number of nitrogens with one attached hydrogen (secondary N) is 1. The molecule has 0 radical (unpaired) electrons. The van der Waals surface area contributed by atoms with Gasteiger partial charge in [0.05, 0.1) is 11.9 Å². The van der Waals surface area contributed by atoms with Gasteiger partial charge in [0.1, 0.15) is 0 Å². The minimum atomic E-state index is 0.784. The summed E-state index contributed by atoms with van der Waals surface area (Å²) in [6.07, 6.45) is 3.74. The summed E-state index contributed by atoms with van der Waals surface area (Å²) < 4.78 is 1.77. The van der Waals surface area contributed by atoms with Crippen LogP contribution in [0, 0.1) is 0 Å². The summed E-state index contributed by atoms with van der Waals surface area (Å²) in [7, 11) is 1.90. The van der Waals surface area contributed by atoms with Gasteiger partial charge in [0.25, 0.3) is 0 Å². The molecule has 2 aromatic rings. The van der Waals surface area contributed by atoms with Crippen molar-refractivity contribution >= 4 is 11.4 Å². The van der Waals surface area contributed by atoms with Gasteiger partial charge in [-0.05, 0) is 17.7 Å². The van der Waals surface area contributed by atoms with E-state index in [2.05, 4.69) is 10.4 Å². The van der Waals surface area contributed by atoms with Crippen molar-refractivity contribution < 1.29 is 0 Å². The summed E-state index contributed by atoms with van der Waals surface area (Å²) in [5.74, 6) is 0. The third-order valence-corrected chi connectivity index (χ3v) is 2.18. The maximum Gasteiger partial charge on any atom is 0.0729 e. The number of hydrogen-bond acceptors (Lipinski definition) is 3.